The van der Waals surface area contributed by atoms with E-state index in [2.05, 4.69) is 6.58 Å². The van der Waals surface area contributed by atoms with Crippen LogP contribution in [0.3, 0.4) is 0 Å². The van der Waals surface area contributed by atoms with Crippen LogP contribution in [0.1, 0.15) is 0 Å². The molecular weight excluding hydrogens is 118 g/mol. The Morgan fingerprint density at radius 1 is 1.78 bits per heavy atom. The molecule has 3 nitrogen and oxygen atoms in total. The molecule has 0 atom stereocenters. The first-order chi connectivity index (χ1) is 4.27. The fraction of sp³-hybridized carbons (Fsp3) is 0.333. The largest absolute Gasteiger partial charge is 0.783 e. The predicted molar refractivity (Wildman–Crippen MR) is 36.4 cm³/mol. The summed E-state index contributed by atoms with van der Waals surface area (Å²) in [4.78, 5) is 0. The van der Waals surface area contributed by atoms with Gasteiger partial charge in [0.05, 0.1) is 6.26 Å². The third kappa shape index (κ3) is 7.20. The molecule has 0 fully saturated rings. The average molecular weight is 128 g/mol. The summed E-state index contributed by atoms with van der Waals surface area (Å²) in [7, 11) is 1.39. The zero-order chi connectivity index (χ0) is 7.11. The minimum Gasteiger partial charge on any atom is -0.783 e. The molecule has 0 aromatic heterocycles. The average Bonchev–Trinajstić information content (AvgIpc) is 1.80. The van der Waals surface area contributed by atoms with Crippen molar-refractivity contribution in [3.05, 3.63) is 30.2 Å². The van der Waals surface area contributed by atoms with Gasteiger partial charge < -0.3 is 15.0 Å². The van der Waals surface area contributed by atoms with Gasteiger partial charge in [0.2, 0.25) is 0 Å². The van der Waals surface area contributed by atoms with Crippen LogP contribution < -0.4 is 0 Å². The van der Waals surface area contributed by atoms with Crippen molar-refractivity contribution in [3.8, 4) is 0 Å². The van der Waals surface area contributed by atoms with Crippen molar-refractivity contribution in [3.63, 3.8) is 0 Å². The van der Waals surface area contributed by atoms with E-state index < -0.39 is 0 Å². The van der Waals surface area contributed by atoms with Gasteiger partial charge in [-0.15, -0.1) is 0 Å². The monoisotopic (exact) mass is 128 g/mol. The predicted octanol–water partition coefficient (Wildman–Crippen LogP) is 1.09. The highest BCUT2D eigenvalue weighted by molar-refractivity contribution is 4.92. The van der Waals surface area contributed by atoms with Crippen molar-refractivity contribution < 1.29 is 4.74 Å². The summed E-state index contributed by atoms with van der Waals surface area (Å²) >= 11 is 0. The summed E-state index contributed by atoms with van der Waals surface area (Å²) < 4.78 is 4.70. The van der Waals surface area contributed by atoms with E-state index in [0.717, 1.165) is 0 Å². The molecule has 0 amide bonds. The van der Waals surface area contributed by atoms with E-state index in [9.17, 15) is 5.21 Å². The minimum absolute atomic E-state index is 0.0599. The second-order valence-electron chi connectivity index (χ2n) is 1.49. The third-order valence-corrected chi connectivity index (χ3v) is 0.567. The maximum Gasteiger partial charge on any atom is 0.129 e. The van der Waals surface area contributed by atoms with E-state index in [1.54, 1.807) is 12.2 Å². The smallest absolute Gasteiger partial charge is 0.129 e. The molecule has 0 unspecified atom stereocenters. The quantitative estimate of drug-likeness (QED) is 0.246. The highest BCUT2D eigenvalue weighted by atomic mass is 16.6. The molecule has 0 aliphatic rings. The first kappa shape index (κ1) is 8.20. The number of rotatable bonds is 4. The number of hydroxylamine groups is 2. The lowest BCUT2D eigenvalue weighted by molar-refractivity contribution is 0.149. The van der Waals surface area contributed by atoms with E-state index >= 15 is 0 Å². The first-order valence-electron chi connectivity index (χ1n) is 2.55. The van der Waals surface area contributed by atoms with Crippen LogP contribution in [0, 0.1) is 5.21 Å². The number of hydrogen-bond acceptors (Lipinski definition) is 3. The van der Waals surface area contributed by atoms with Crippen molar-refractivity contribution in [1.29, 1.82) is 0 Å². The number of nitrogens with zero attached hydrogens (tertiary/aromatic N) is 1. The highest BCUT2D eigenvalue weighted by Crippen LogP contribution is 1.80. The second-order valence-corrected chi connectivity index (χ2v) is 1.49. The van der Waals surface area contributed by atoms with E-state index in [1.807, 2.05) is 0 Å². The van der Waals surface area contributed by atoms with Crippen LogP contribution in [0.2, 0.25) is 0 Å². The zero-order valence-corrected chi connectivity index (χ0v) is 5.41. The maximum absolute atomic E-state index is 10.1. The van der Waals surface area contributed by atoms with Gasteiger partial charge in [-0.1, -0.05) is 12.7 Å². The summed E-state index contributed by atoms with van der Waals surface area (Å²) in [6, 6.07) is 0. The van der Waals surface area contributed by atoms with Gasteiger partial charge in [0.1, 0.15) is 6.73 Å². The summed E-state index contributed by atoms with van der Waals surface area (Å²) in [5.41, 5.74) is 0. The van der Waals surface area contributed by atoms with Gasteiger partial charge in [0.25, 0.3) is 0 Å². The SMILES string of the molecule is C=C/C=C\OCN(C)[O-]. The Hall–Kier alpha value is -0.800. The van der Waals surface area contributed by atoms with E-state index in [4.69, 9.17) is 4.74 Å². The zero-order valence-electron chi connectivity index (χ0n) is 5.41. The number of allylic oxidation sites excluding steroid dienone is 2. The van der Waals surface area contributed by atoms with Gasteiger partial charge in [-0.2, -0.15) is 0 Å². The minimum atomic E-state index is 0.0599. The summed E-state index contributed by atoms with van der Waals surface area (Å²) in [6.07, 6.45) is 4.61. The number of hydrogen-bond donors (Lipinski definition) is 0. The van der Waals surface area contributed by atoms with Gasteiger partial charge in [-0.25, -0.2) is 0 Å². The van der Waals surface area contributed by atoms with Crippen LogP contribution >= 0.6 is 0 Å². The summed E-state index contributed by atoms with van der Waals surface area (Å²) in [6.45, 7) is 3.48. The standard InChI is InChI=1S/C6H10NO2/c1-3-4-5-9-6-7(2)8/h3-5H,1,6H2,2H3/q-1/b5-4-. The lowest BCUT2D eigenvalue weighted by Crippen LogP contribution is -2.11. The fourth-order valence-corrected chi connectivity index (χ4v) is 0.259. The third-order valence-electron chi connectivity index (χ3n) is 0.567. The van der Waals surface area contributed by atoms with Crippen LogP contribution in [-0.2, 0) is 4.74 Å². The molecule has 3 heteroatoms. The van der Waals surface area contributed by atoms with E-state index in [-0.39, 0.29) is 6.73 Å². The van der Waals surface area contributed by atoms with E-state index in [1.165, 1.54) is 13.3 Å². The topological polar surface area (TPSA) is 35.5 Å². The van der Waals surface area contributed by atoms with Crippen molar-refractivity contribution in [2.24, 2.45) is 0 Å². The van der Waals surface area contributed by atoms with Gasteiger partial charge >= 0.3 is 0 Å². The Bertz CT molecular complexity index is 99.2. The number of ether oxygens (including phenoxy) is 1. The second kappa shape index (κ2) is 5.34. The normalized spacial score (nSPS) is 10.6. The van der Waals surface area contributed by atoms with Crippen LogP contribution in [0.25, 0.3) is 0 Å². The van der Waals surface area contributed by atoms with Crippen LogP contribution in [-0.4, -0.2) is 18.8 Å². The molecule has 0 bridgehead atoms. The first-order valence-corrected chi connectivity index (χ1v) is 2.55. The molecule has 0 heterocycles. The van der Waals surface area contributed by atoms with Crippen LogP contribution in [0.4, 0.5) is 0 Å². The van der Waals surface area contributed by atoms with Crippen molar-refractivity contribution in [1.82, 2.24) is 5.06 Å². The van der Waals surface area contributed by atoms with Crippen LogP contribution in [0.5, 0.6) is 0 Å². The molecule has 0 N–H and O–H groups in total. The lowest BCUT2D eigenvalue weighted by Gasteiger charge is -2.19. The Balaban J connectivity index is 3.08. The van der Waals surface area contributed by atoms with E-state index in [0.29, 0.717) is 5.06 Å². The maximum atomic E-state index is 10.1. The molecule has 0 aliphatic heterocycles. The molecule has 0 radical (unpaired) electrons. The van der Waals surface area contributed by atoms with Gasteiger partial charge in [-0.3, -0.25) is 0 Å². The van der Waals surface area contributed by atoms with Gasteiger partial charge in [0, 0.05) is 0 Å². The van der Waals surface area contributed by atoms with Crippen molar-refractivity contribution in [2.75, 3.05) is 13.8 Å². The lowest BCUT2D eigenvalue weighted by atomic mass is 10.6. The molecule has 52 valence electrons. The molecule has 9 heavy (non-hydrogen) atoms. The fourth-order valence-electron chi connectivity index (χ4n) is 0.259. The Morgan fingerprint density at radius 3 is 2.89 bits per heavy atom. The molecule has 0 rings (SSSR count). The van der Waals surface area contributed by atoms with Crippen molar-refractivity contribution >= 4 is 0 Å². The molecule has 0 saturated carbocycles. The van der Waals surface area contributed by atoms with Gasteiger partial charge in [0.15, 0.2) is 0 Å². The van der Waals surface area contributed by atoms with Crippen LogP contribution in [0.15, 0.2) is 25.0 Å². The molecule has 0 aliphatic carbocycles. The molecule has 0 spiro atoms. The van der Waals surface area contributed by atoms with Gasteiger partial charge in [-0.05, 0) is 13.1 Å². The molecule has 0 aromatic carbocycles. The Labute approximate surface area is 54.8 Å². The van der Waals surface area contributed by atoms with Crippen molar-refractivity contribution in [2.45, 2.75) is 0 Å². The molecule has 0 aromatic rings. The Kier molecular flexibility index (Phi) is 4.86. The molecule has 0 saturated heterocycles. The summed E-state index contributed by atoms with van der Waals surface area (Å²) in [5, 5.41) is 10.8. The Morgan fingerprint density at radius 2 is 2.44 bits per heavy atom. The molecular formula is C6H10NO2-. The highest BCUT2D eigenvalue weighted by Gasteiger charge is 1.74. The summed E-state index contributed by atoms with van der Waals surface area (Å²) in [5.74, 6) is 0.